The van der Waals surface area contributed by atoms with Gasteiger partial charge in [-0.2, -0.15) is 0 Å². The molecule has 2 amide bonds. The van der Waals surface area contributed by atoms with Crippen LogP contribution < -0.4 is 10.6 Å². The first-order valence-electron chi connectivity index (χ1n) is 13.3. The van der Waals surface area contributed by atoms with Crippen molar-refractivity contribution >= 4 is 23.4 Å². The summed E-state index contributed by atoms with van der Waals surface area (Å²) in [5.74, 6) is -0.796. The lowest BCUT2D eigenvalue weighted by Crippen LogP contribution is -2.70. The Morgan fingerprint density at radius 3 is 2.35 bits per heavy atom. The lowest BCUT2D eigenvalue weighted by atomic mass is 9.59. The van der Waals surface area contributed by atoms with Gasteiger partial charge in [-0.25, -0.2) is 4.39 Å². The van der Waals surface area contributed by atoms with Crippen molar-refractivity contribution < 1.29 is 41.7 Å². The molecule has 6 atom stereocenters. The molecule has 0 aromatic rings. The number of aliphatic hydroxyl groups is 1. The quantitative estimate of drug-likeness (QED) is 0.310. The Morgan fingerprint density at radius 2 is 1.70 bits per heavy atom. The molecule has 0 aliphatic heterocycles. The summed E-state index contributed by atoms with van der Waals surface area (Å²) in [5.41, 5.74) is -1.39. The first kappa shape index (κ1) is 28.8. The molecule has 0 aromatic carbocycles. The summed E-state index contributed by atoms with van der Waals surface area (Å²) in [6.07, 6.45) is -2.47. The van der Waals surface area contributed by atoms with Gasteiger partial charge >= 0.3 is 6.36 Å². The van der Waals surface area contributed by atoms with Crippen molar-refractivity contribution in [1.29, 1.82) is 0 Å². The van der Waals surface area contributed by atoms with Crippen LogP contribution in [0.3, 0.4) is 0 Å². The third-order valence-electron chi connectivity index (χ3n) is 8.72. The Kier molecular flexibility index (Phi) is 8.97. The number of hydrogen-bond donors (Lipinski definition) is 3. The van der Waals surface area contributed by atoms with Crippen molar-refractivity contribution in [2.75, 3.05) is 6.61 Å². The summed E-state index contributed by atoms with van der Waals surface area (Å²) in [7, 11) is 0. The number of halogens is 5. The average Bonchev–Trinajstić information content (AvgIpc) is 2.80. The van der Waals surface area contributed by atoms with Gasteiger partial charge in [0.05, 0.1) is 29.2 Å². The Balaban J connectivity index is 1.22. The van der Waals surface area contributed by atoms with Crippen molar-refractivity contribution in [3.8, 4) is 0 Å². The maximum absolute atomic E-state index is 13.8. The van der Waals surface area contributed by atoms with Gasteiger partial charge in [0, 0.05) is 18.4 Å². The monoisotopic (exact) mass is 556 g/mol. The van der Waals surface area contributed by atoms with E-state index in [1.54, 1.807) is 0 Å². The molecule has 212 valence electrons. The smallest absolute Gasteiger partial charge is 0.391 e. The Hall–Kier alpha value is -1.17. The summed E-state index contributed by atoms with van der Waals surface area (Å²) >= 11 is 5.90. The van der Waals surface area contributed by atoms with Crippen LogP contribution in [0.15, 0.2) is 0 Å². The molecule has 0 aromatic heterocycles. The summed E-state index contributed by atoms with van der Waals surface area (Å²) in [5, 5.41) is 16.4. The predicted octanol–water partition coefficient (Wildman–Crippen LogP) is 4.03. The van der Waals surface area contributed by atoms with Crippen LogP contribution in [0.25, 0.3) is 0 Å². The van der Waals surface area contributed by atoms with Crippen molar-refractivity contribution in [2.45, 2.75) is 131 Å². The SMILES string of the molecule is O=C(COC1CCC(Cl)C(F)C1)NC12CCC(NC(=O)CC3CCCC(OC(F)(F)F)C3)(CC1)C(O)C2. The van der Waals surface area contributed by atoms with E-state index in [0.29, 0.717) is 57.8 Å². The van der Waals surface area contributed by atoms with E-state index in [-0.39, 0.29) is 56.1 Å². The highest BCUT2D eigenvalue weighted by atomic mass is 35.5. The Labute approximate surface area is 219 Å². The minimum absolute atomic E-state index is 0.0940. The summed E-state index contributed by atoms with van der Waals surface area (Å²) in [4.78, 5) is 25.4. The number of ether oxygens (including phenoxy) is 2. The number of nitrogens with one attached hydrogen (secondary N) is 2. The van der Waals surface area contributed by atoms with Gasteiger partial charge in [-0.1, -0.05) is 6.42 Å². The van der Waals surface area contributed by atoms with Crippen molar-refractivity contribution in [3.05, 3.63) is 0 Å². The molecule has 3 N–H and O–H groups in total. The zero-order chi connectivity index (χ0) is 26.8. The number of carbonyl (C=O) groups is 2. The maximum atomic E-state index is 13.8. The zero-order valence-electron chi connectivity index (χ0n) is 20.8. The Bertz CT molecular complexity index is 823. The van der Waals surface area contributed by atoms with E-state index in [1.807, 2.05) is 0 Å². The minimum atomic E-state index is -4.68. The molecule has 5 fully saturated rings. The lowest BCUT2D eigenvalue weighted by Gasteiger charge is -2.56. The molecule has 5 saturated carbocycles. The molecular formula is C25H37ClF4N2O5. The maximum Gasteiger partial charge on any atom is 0.522 e. The molecule has 2 bridgehead atoms. The van der Waals surface area contributed by atoms with Gasteiger partial charge in [-0.3, -0.25) is 14.3 Å². The molecule has 7 nitrogen and oxygen atoms in total. The van der Waals surface area contributed by atoms with E-state index in [0.717, 1.165) is 0 Å². The first-order valence-corrected chi connectivity index (χ1v) is 13.7. The average molecular weight is 557 g/mol. The fourth-order valence-corrected chi connectivity index (χ4v) is 6.92. The first-order chi connectivity index (χ1) is 17.4. The van der Waals surface area contributed by atoms with Crippen LogP contribution in [0.5, 0.6) is 0 Å². The molecule has 0 saturated heterocycles. The van der Waals surface area contributed by atoms with Crippen LogP contribution in [-0.4, -0.2) is 70.8 Å². The number of fused-ring (bicyclic) bond motifs is 3. The molecule has 0 spiro atoms. The van der Waals surface area contributed by atoms with E-state index < -0.39 is 41.2 Å². The molecule has 5 rings (SSSR count). The molecule has 5 aliphatic carbocycles. The van der Waals surface area contributed by atoms with Gasteiger partial charge in [0.1, 0.15) is 12.8 Å². The van der Waals surface area contributed by atoms with Crippen LogP contribution in [0, 0.1) is 5.92 Å². The van der Waals surface area contributed by atoms with Gasteiger partial charge in [-0.05, 0) is 70.1 Å². The van der Waals surface area contributed by atoms with Crippen LogP contribution in [-0.2, 0) is 19.1 Å². The lowest BCUT2D eigenvalue weighted by molar-refractivity contribution is -0.346. The van der Waals surface area contributed by atoms with Crippen molar-refractivity contribution in [3.63, 3.8) is 0 Å². The zero-order valence-corrected chi connectivity index (χ0v) is 21.6. The third kappa shape index (κ3) is 7.48. The highest BCUT2D eigenvalue weighted by Gasteiger charge is 2.55. The van der Waals surface area contributed by atoms with Gasteiger partial charge in [0.15, 0.2) is 0 Å². The number of carbonyl (C=O) groups excluding carboxylic acids is 2. The van der Waals surface area contributed by atoms with E-state index in [2.05, 4.69) is 15.4 Å². The summed E-state index contributed by atoms with van der Waals surface area (Å²) in [6.45, 7) is -0.190. The number of aliphatic hydroxyl groups excluding tert-OH is 1. The fraction of sp³-hybridized carbons (Fsp3) is 0.920. The topological polar surface area (TPSA) is 96.9 Å². The fourth-order valence-electron chi connectivity index (χ4n) is 6.70. The van der Waals surface area contributed by atoms with Crippen LogP contribution in [0.4, 0.5) is 17.6 Å². The third-order valence-corrected chi connectivity index (χ3v) is 9.21. The normalized spacial score (nSPS) is 40.3. The van der Waals surface area contributed by atoms with Crippen molar-refractivity contribution in [1.82, 2.24) is 10.6 Å². The molecule has 12 heteroatoms. The second-order valence-corrected chi connectivity index (χ2v) is 12.0. The van der Waals surface area contributed by atoms with Gasteiger partial charge in [0.2, 0.25) is 11.8 Å². The number of rotatable bonds is 8. The van der Waals surface area contributed by atoms with Crippen LogP contribution in [0.2, 0.25) is 0 Å². The van der Waals surface area contributed by atoms with Crippen LogP contribution in [0.1, 0.15) is 83.5 Å². The predicted molar refractivity (Wildman–Crippen MR) is 126 cm³/mol. The second-order valence-electron chi connectivity index (χ2n) is 11.5. The van der Waals surface area contributed by atoms with Crippen LogP contribution >= 0.6 is 11.6 Å². The van der Waals surface area contributed by atoms with E-state index in [1.165, 1.54) is 0 Å². The number of hydrogen-bond acceptors (Lipinski definition) is 5. The minimum Gasteiger partial charge on any atom is -0.391 e. The van der Waals surface area contributed by atoms with E-state index >= 15 is 0 Å². The highest BCUT2D eigenvalue weighted by Crippen LogP contribution is 2.47. The van der Waals surface area contributed by atoms with E-state index in [9.17, 15) is 32.3 Å². The number of alkyl halides is 5. The molecule has 0 radical (unpaired) electrons. The molecular weight excluding hydrogens is 520 g/mol. The molecule has 6 unspecified atom stereocenters. The van der Waals surface area contributed by atoms with Gasteiger partial charge < -0.3 is 20.5 Å². The molecule has 0 heterocycles. The summed E-state index contributed by atoms with van der Waals surface area (Å²) in [6, 6.07) is 0. The molecule has 5 aliphatic rings. The largest absolute Gasteiger partial charge is 0.522 e. The van der Waals surface area contributed by atoms with E-state index in [4.69, 9.17) is 16.3 Å². The Morgan fingerprint density at radius 1 is 0.973 bits per heavy atom. The second kappa shape index (κ2) is 11.5. The van der Waals surface area contributed by atoms with Gasteiger partial charge in [0.25, 0.3) is 0 Å². The highest BCUT2D eigenvalue weighted by molar-refractivity contribution is 6.21. The molecule has 37 heavy (non-hydrogen) atoms. The number of amides is 2. The van der Waals surface area contributed by atoms with Gasteiger partial charge in [-0.15, -0.1) is 24.8 Å². The van der Waals surface area contributed by atoms with Crippen molar-refractivity contribution in [2.24, 2.45) is 5.92 Å². The summed E-state index contributed by atoms with van der Waals surface area (Å²) < 4.78 is 61.3. The standard InChI is InChI=1S/C25H37ClF4N2O5/c26-18-5-4-16(12-19(18)27)36-14-22(35)31-23-6-8-24(9-7-23,20(33)13-23)32-21(34)11-15-2-1-3-17(10-15)37-25(28,29)30/h15-20,33H,1-14H2,(H,31,35)(H,32,34).